The molecule has 0 rings (SSSR count). The summed E-state index contributed by atoms with van der Waals surface area (Å²) in [4.78, 5) is 48.4. The second kappa shape index (κ2) is 5.57. The lowest BCUT2D eigenvalue weighted by Gasteiger charge is -2.20. The summed E-state index contributed by atoms with van der Waals surface area (Å²) < 4.78 is 9.97. The zero-order chi connectivity index (χ0) is 13.8. The summed E-state index contributed by atoms with van der Waals surface area (Å²) in [5.41, 5.74) is 0. The lowest BCUT2D eigenvalue weighted by molar-refractivity contribution is -0.631. The number of hydrogen-bond acceptors (Lipinski definition) is 5. The lowest BCUT2D eigenvalue weighted by atomic mass is 10.2. The van der Waals surface area contributed by atoms with Gasteiger partial charge in [0.25, 0.3) is 0 Å². The normalized spacial score (nSPS) is 12.8. The Kier molecular flexibility index (Phi) is 5.01. The standard InChI is InChI=1S/C5H9N2O9P/c8-4(9)2-1-3(5(10)11)6(7(12)13)17(14,15)16/h3H,1-2H2,(H,8,9)(H,10,11)(H2,14,15,16)/t3-/m0/s1. The predicted molar refractivity (Wildman–Crippen MR) is 49.2 cm³/mol. The molecule has 12 heteroatoms. The summed E-state index contributed by atoms with van der Waals surface area (Å²) in [6, 6.07) is -2.22. The second-order valence-corrected chi connectivity index (χ2v) is 4.29. The van der Waals surface area contributed by atoms with Crippen LogP contribution in [-0.2, 0) is 14.2 Å². The molecular formula is C5H9N2O9P. The third kappa shape index (κ3) is 4.76. The van der Waals surface area contributed by atoms with Crippen molar-refractivity contribution >= 4 is 19.7 Å². The summed E-state index contributed by atoms with van der Waals surface area (Å²) in [5.74, 6) is -3.34. The van der Waals surface area contributed by atoms with Gasteiger partial charge in [0.15, 0.2) is 11.1 Å². The van der Waals surface area contributed by atoms with Crippen LogP contribution < -0.4 is 0 Å². The molecule has 0 unspecified atom stereocenters. The molecule has 0 aromatic carbocycles. The van der Waals surface area contributed by atoms with Gasteiger partial charge in [-0.1, -0.05) is 0 Å². The monoisotopic (exact) mass is 272 g/mol. The average molecular weight is 272 g/mol. The fourth-order valence-electron chi connectivity index (χ4n) is 0.988. The van der Waals surface area contributed by atoms with Crippen molar-refractivity contribution in [2.75, 3.05) is 0 Å². The number of nitro groups is 1. The van der Waals surface area contributed by atoms with E-state index in [0.29, 0.717) is 0 Å². The molecule has 0 aliphatic heterocycles. The quantitative estimate of drug-likeness (QED) is 0.252. The minimum atomic E-state index is -5.44. The van der Waals surface area contributed by atoms with Gasteiger partial charge in [-0.15, -0.1) is 0 Å². The highest BCUT2D eigenvalue weighted by Crippen LogP contribution is 2.42. The number of rotatable bonds is 7. The first-order valence-electron chi connectivity index (χ1n) is 4.01. The third-order valence-corrected chi connectivity index (χ3v) is 2.59. The highest BCUT2D eigenvalue weighted by atomic mass is 31.2. The minimum Gasteiger partial charge on any atom is -0.481 e. The van der Waals surface area contributed by atoms with Crippen LogP contribution in [0.5, 0.6) is 0 Å². The Balaban J connectivity index is 5.12. The molecule has 1 atom stereocenters. The molecule has 11 nitrogen and oxygen atoms in total. The van der Waals surface area contributed by atoms with E-state index in [9.17, 15) is 24.3 Å². The number of hydrazine groups is 1. The van der Waals surface area contributed by atoms with Crippen molar-refractivity contribution in [3.8, 4) is 0 Å². The second-order valence-electron chi connectivity index (χ2n) is 2.86. The van der Waals surface area contributed by atoms with Crippen LogP contribution in [0.25, 0.3) is 0 Å². The predicted octanol–water partition coefficient (Wildman–Crippen LogP) is -1.11. The van der Waals surface area contributed by atoms with Gasteiger partial charge in [0, 0.05) is 6.42 Å². The van der Waals surface area contributed by atoms with Gasteiger partial charge < -0.3 is 20.0 Å². The van der Waals surface area contributed by atoms with Gasteiger partial charge in [-0.2, -0.15) is 0 Å². The van der Waals surface area contributed by atoms with Crippen LogP contribution in [0.1, 0.15) is 12.8 Å². The molecule has 0 aliphatic carbocycles. The highest BCUT2D eigenvalue weighted by Gasteiger charge is 2.45. The molecule has 0 radical (unpaired) electrons. The fourth-order valence-corrected chi connectivity index (χ4v) is 1.76. The number of carbonyl (C=O) groups is 2. The molecule has 0 aromatic heterocycles. The Morgan fingerprint density at radius 3 is 2.06 bits per heavy atom. The van der Waals surface area contributed by atoms with Crippen LogP contribution in [0.3, 0.4) is 0 Å². The van der Waals surface area contributed by atoms with Crippen molar-refractivity contribution in [3.05, 3.63) is 10.1 Å². The molecule has 0 saturated carbocycles. The van der Waals surface area contributed by atoms with Gasteiger partial charge in [0.2, 0.25) is 0 Å². The Bertz CT molecular complexity index is 376. The van der Waals surface area contributed by atoms with Crippen molar-refractivity contribution in [3.63, 3.8) is 0 Å². The van der Waals surface area contributed by atoms with Crippen molar-refractivity contribution < 1.29 is 39.2 Å². The van der Waals surface area contributed by atoms with E-state index in [1.807, 2.05) is 0 Å². The molecule has 0 heterocycles. The molecule has 0 fully saturated rings. The van der Waals surface area contributed by atoms with Gasteiger partial charge in [-0.25, -0.2) is 19.5 Å². The third-order valence-electron chi connectivity index (χ3n) is 1.63. The Labute approximate surface area is 93.6 Å². The number of carboxylic acids is 2. The molecule has 0 amide bonds. The van der Waals surface area contributed by atoms with Crippen LogP contribution in [0.4, 0.5) is 0 Å². The summed E-state index contributed by atoms with van der Waals surface area (Å²) in [6.45, 7) is 0. The van der Waals surface area contributed by atoms with Crippen LogP contribution >= 0.6 is 7.75 Å². The minimum absolute atomic E-state index is 0.766. The molecule has 0 saturated heterocycles. The first kappa shape index (κ1) is 15.3. The van der Waals surface area contributed by atoms with Crippen molar-refractivity contribution in [1.82, 2.24) is 4.78 Å². The highest BCUT2D eigenvalue weighted by molar-refractivity contribution is 7.48. The molecule has 0 aromatic rings. The largest absolute Gasteiger partial charge is 0.482 e. The molecule has 4 N–H and O–H groups in total. The van der Waals surface area contributed by atoms with Crippen LogP contribution in [0.2, 0.25) is 0 Å². The maximum Gasteiger partial charge on any atom is 0.482 e. The average Bonchev–Trinajstić information content (AvgIpc) is 2.07. The van der Waals surface area contributed by atoms with E-state index < -0.39 is 48.4 Å². The lowest BCUT2D eigenvalue weighted by Crippen LogP contribution is -2.42. The van der Waals surface area contributed by atoms with Gasteiger partial charge >= 0.3 is 19.7 Å². The molecule has 98 valence electrons. The molecule has 0 spiro atoms. The summed E-state index contributed by atoms with van der Waals surface area (Å²) >= 11 is 0. The van der Waals surface area contributed by atoms with Gasteiger partial charge in [-0.3, -0.25) is 4.79 Å². The topological polar surface area (TPSA) is 179 Å². The maximum atomic E-state index is 10.7. The summed E-state index contributed by atoms with van der Waals surface area (Å²) in [7, 11) is -5.44. The van der Waals surface area contributed by atoms with Crippen molar-refractivity contribution in [1.29, 1.82) is 0 Å². The molecular weight excluding hydrogens is 263 g/mol. The molecule has 17 heavy (non-hydrogen) atoms. The first-order valence-corrected chi connectivity index (χ1v) is 5.58. The van der Waals surface area contributed by atoms with E-state index in [0.717, 1.165) is 0 Å². The molecule has 0 aliphatic rings. The number of hydrogen-bond donors (Lipinski definition) is 4. The zero-order valence-electron chi connectivity index (χ0n) is 8.16. The van der Waals surface area contributed by atoms with E-state index in [1.165, 1.54) is 0 Å². The van der Waals surface area contributed by atoms with E-state index in [1.54, 1.807) is 0 Å². The van der Waals surface area contributed by atoms with Crippen molar-refractivity contribution in [2.45, 2.75) is 18.9 Å². The van der Waals surface area contributed by atoms with Crippen LogP contribution in [0.15, 0.2) is 0 Å². The van der Waals surface area contributed by atoms with E-state index in [4.69, 9.17) is 20.0 Å². The smallest absolute Gasteiger partial charge is 0.481 e. The molecule has 0 bridgehead atoms. The SMILES string of the molecule is O=C(O)CC[C@@H](C(=O)O)N([N+](=O)[O-])P(=O)(O)O. The van der Waals surface area contributed by atoms with Gasteiger partial charge in [-0.05, 0) is 11.2 Å². The van der Waals surface area contributed by atoms with E-state index >= 15 is 0 Å². The summed E-state index contributed by atoms with van der Waals surface area (Å²) in [6.07, 6.45) is -1.59. The fraction of sp³-hybridized carbons (Fsp3) is 0.600. The summed E-state index contributed by atoms with van der Waals surface area (Å²) in [5, 5.41) is 25.7. The number of aliphatic carboxylic acids is 2. The van der Waals surface area contributed by atoms with Gasteiger partial charge in [0.1, 0.15) is 0 Å². The van der Waals surface area contributed by atoms with Crippen LogP contribution in [-0.4, -0.2) is 47.8 Å². The van der Waals surface area contributed by atoms with Gasteiger partial charge in [0.05, 0.1) is 0 Å². The number of carboxylic acid groups (broad SMARTS) is 2. The zero-order valence-corrected chi connectivity index (χ0v) is 9.06. The van der Waals surface area contributed by atoms with E-state index in [2.05, 4.69) is 0 Å². The Morgan fingerprint density at radius 1 is 1.35 bits per heavy atom. The maximum absolute atomic E-state index is 10.7. The Morgan fingerprint density at radius 2 is 1.82 bits per heavy atom. The van der Waals surface area contributed by atoms with Crippen molar-refractivity contribution in [2.24, 2.45) is 0 Å². The van der Waals surface area contributed by atoms with E-state index in [-0.39, 0.29) is 0 Å². The first-order chi connectivity index (χ1) is 7.57. The number of nitrogens with zero attached hydrogens (tertiary/aromatic N) is 2. The Hall–Kier alpha value is -1.71. The van der Waals surface area contributed by atoms with Crippen LogP contribution in [0, 0.1) is 10.1 Å².